The third-order valence-corrected chi connectivity index (χ3v) is 6.79. The zero-order valence-electron chi connectivity index (χ0n) is 17.0. The Morgan fingerprint density at radius 1 is 1.21 bits per heavy atom. The van der Waals surface area contributed by atoms with Crippen molar-refractivity contribution >= 4 is 5.91 Å². The predicted molar refractivity (Wildman–Crippen MR) is 107 cm³/mol. The van der Waals surface area contributed by atoms with Crippen LogP contribution >= 0.6 is 0 Å². The summed E-state index contributed by atoms with van der Waals surface area (Å²) in [5.74, 6) is 0.747. The number of carbonyl (C=O) groups is 1. The summed E-state index contributed by atoms with van der Waals surface area (Å²) < 4.78 is 19.7. The largest absolute Gasteiger partial charge is 0.376 e. The maximum atomic E-state index is 13.9. The van der Waals surface area contributed by atoms with Crippen LogP contribution in [0, 0.1) is 17.2 Å². The van der Waals surface area contributed by atoms with Crippen LogP contribution < -0.4 is 0 Å². The van der Waals surface area contributed by atoms with Crippen molar-refractivity contribution in [3.8, 4) is 0 Å². The first-order valence-corrected chi connectivity index (χ1v) is 10.9. The molecule has 0 aromatic heterocycles. The molecule has 28 heavy (non-hydrogen) atoms. The van der Waals surface area contributed by atoms with Crippen LogP contribution in [0.5, 0.6) is 0 Å². The summed E-state index contributed by atoms with van der Waals surface area (Å²) in [5.41, 5.74) is 0.655. The summed E-state index contributed by atoms with van der Waals surface area (Å²) >= 11 is 0. The number of amides is 1. The first-order chi connectivity index (χ1) is 13.5. The summed E-state index contributed by atoms with van der Waals surface area (Å²) in [6, 6.07) is 7.05. The molecule has 4 rings (SSSR count). The molecule has 1 aromatic carbocycles. The van der Waals surface area contributed by atoms with Gasteiger partial charge < -0.3 is 9.64 Å². The van der Waals surface area contributed by atoms with Gasteiger partial charge >= 0.3 is 0 Å². The van der Waals surface area contributed by atoms with Gasteiger partial charge in [-0.2, -0.15) is 0 Å². The third-order valence-electron chi connectivity index (χ3n) is 6.79. The van der Waals surface area contributed by atoms with E-state index in [1.807, 2.05) is 12.1 Å². The van der Waals surface area contributed by atoms with E-state index in [0.717, 1.165) is 76.9 Å². The molecule has 3 aliphatic rings. The molecule has 1 aromatic rings. The third kappa shape index (κ3) is 4.74. The second-order valence-electron chi connectivity index (χ2n) is 9.22. The maximum Gasteiger partial charge on any atom is 0.228 e. The Bertz CT molecular complexity index is 677. The fraction of sp³-hybridized carbons (Fsp3) is 0.696. The highest BCUT2D eigenvalue weighted by molar-refractivity contribution is 5.85. The van der Waals surface area contributed by atoms with E-state index in [-0.39, 0.29) is 17.3 Å². The molecule has 0 radical (unpaired) electrons. The van der Waals surface area contributed by atoms with Gasteiger partial charge in [-0.05, 0) is 63.6 Å². The first-order valence-electron chi connectivity index (χ1n) is 10.9. The van der Waals surface area contributed by atoms with Crippen LogP contribution in [0.2, 0.25) is 0 Å². The molecule has 0 N–H and O–H groups in total. The van der Waals surface area contributed by atoms with E-state index in [1.165, 1.54) is 6.07 Å². The van der Waals surface area contributed by atoms with Gasteiger partial charge in [-0.1, -0.05) is 25.1 Å². The number of hydrogen-bond donors (Lipinski definition) is 0. The van der Waals surface area contributed by atoms with Crippen molar-refractivity contribution in [1.29, 1.82) is 0 Å². The van der Waals surface area contributed by atoms with Crippen LogP contribution in [-0.2, 0) is 16.1 Å². The van der Waals surface area contributed by atoms with Crippen molar-refractivity contribution < 1.29 is 13.9 Å². The molecule has 1 amide bonds. The van der Waals surface area contributed by atoms with Gasteiger partial charge in [0, 0.05) is 37.2 Å². The van der Waals surface area contributed by atoms with Gasteiger partial charge in [0.2, 0.25) is 5.91 Å². The van der Waals surface area contributed by atoms with Crippen LogP contribution in [0.4, 0.5) is 4.39 Å². The van der Waals surface area contributed by atoms with E-state index < -0.39 is 0 Å². The normalized spacial score (nSPS) is 25.0. The van der Waals surface area contributed by atoms with E-state index in [1.54, 1.807) is 6.07 Å². The van der Waals surface area contributed by atoms with Crippen molar-refractivity contribution in [3.05, 3.63) is 35.6 Å². The molecule has 2 heterocycles. The van der Waals surface area contributed by atoms with Crippen molar-refractivity contribution in [1.82, 2.24) is 9.80 Å². The molecule has 1 atom stereocenters. The van der Waals surface area contributed by atoms with Crippen molar-refractivity contribution in [2.75, 3.05) is 32.8 Å². The average molecular weight is 389 g/mol. The van der Waals surface area contributed by atoms with Crippen LogP contribution in [0.3, 0.4) is 0 Å². The Hall–Kier alpha value is -1.46. The maximum absolute atomic E-state index is 13.9. The number of rotatable bonds is 7. The van der Waals surface area contributed by atoms with E-state index >= 15 is 0 Å². The fourth-order valence-electron chi connectivity index (χ4n) is 4.56. The number of halogens is 1. The molecule has 154 valence electrons. The average Bonchev–Trinajstić information content (AvgIpc) is 3.24. The van der Waals surface area contributed by atoms with Gasteiger partial charge in [-0.3, -0.25) is 9.69 Å². The van der Waals surface area contributed by atoms with Crippen molar-refractivity contribution in [2.45, 2.75) is 58.1 Å². The predicted octanol–water partition coefficient (Wildman–Crippen LogP) is 3.85. The minimum atomic E-state index is -0.121. The first kappa shape index (κ1) is 19.8. The number of carbonyl (C=O) groups excluding carboxylic acids is 1. The molecule has 1 unspecified atom stereocenters. The minimum Gasteiger partial charge on any atom is -0.376 e. The number of likely N-dealkylation sites (tertiary alicyclic amines) is 1. The molecule has 1 saturated carbocycles. The smallest absolute Gasteiger partial charge is 0.228 e. The molecule has 3 fully saturated rings. The van der Waals surface area contributed by atoms with E-state index in [4.69, 9.17) is 4.74 Å². The summed E-state index contributed by atoms with van der Waals surface area (Å²) in [7, 11) is 0. The number of hydrogen-bond acceptors (Lipinski definition) is 3. The zero-order valence-corrected chi connectivity index (χ0v) is 17.0. The molecule has 0 bridgehead atoms. The molecule has 1 aliphatic carbocycles. The van der Waals surface area contributed by atoms with Gasteiger partial charge in [0.05, 0.1) is 6.10 Å². The number of benzene rings is 1. The Kier molecular flexibility index (Phi) is 6.02. The van der Waals surface area contributed by atoms with Gasteiger partial charge in [-0.25, -0.2) is 4.39 Å². The van der Waals surface area contributed by atoms with E-state index in [9.17, 15) is 9.18 Å². The zero-order chi connectivity index (χ0) is 19.6. The Morgan fingerprint density at radius 2 is 1.96 bits per heavy atom. The lowest BCUT2D eigenvalue weighted by molar-refractivity contribution is -0.139. The van der Waals surface area contributed by atoms with Crippen LogP contribution in [-0.4, -0.2) is 54.6 Å². The van der Waals surface area contributed by atoms with Crippen molar-refractivity contribution in [2.24, 2.45) is 11.3 Å². The van der Waals surface area contributed by atoms with Gasteiger partial charge in [-0.15, -0.1) is 0 Å². The summed E-state index contributed by atoms with van der Waals surface area (Å²) in [6.45, 7) is 7.16. The molecule has 5 heteroatoms. The lowest BCUT2D eigenvalue weighted by Gasteiger charge is -2.36. The summed E-state index contributed by atoms with van der Waals surface area (Å²) in [4.78, 5) is 17.5. The van der Waals surface area contributed by atoms with Gasteiger partial charge in [0.25, 0.3) is 0 Å². The molecular formula is C23H33FN2O2. The summed E-state index contributed by atoms with van der Waals surface area (Å²) in [6.07, 6.45) is 6.58. The monoisotopic (exact) mass is 388 g/mol. The highest BCUT2D eigenvalue weighted by Crippen LogP contribution is 2.46. The molecular weight excluding hydrogens is 355 g/mol. The quantitative estimate of drug-likeness (QED) is 0.711. The SMILES string of the molecule is CC1(C(=O)N(CC2CCN(Cc3ccccc3F)CC2)CC2CCCO2)CC1. The number of nitrogens with zero attached hydrogens (tertiary/aromatic N) is 2. The molecule has 2 saturated heterocycles. The van der Waals surface area contributed by atoms with Gasteiger partial charge in [0.15, 0.2) is 0 Å². The van der Waals surface area contributed by atoms with Crippen molar-refractivity contribution in [3.63, 3.8) is 0 Å². The fourth-order valence-corrected chi connectivity index (χ4v) is 4.56. The Morgan fingerprint density at radius 3 is 2.61 bits per heavy atom. The molecule has 0 spiro atoms. The van der Waals surface area contributed by atoms with Crippen LogP contribution in [0.15, 0.2) is 24.3 Å². The van der Waals surface area contributed by atoms with Gasteiger partial charge in [0.1, 0.15) is 5.82 Å². The minimum absolute atomic E-state index is 0.115. The molecule has 2 aliphatic heterocycles. The lowest BCUT2D eigenvalue weighted by atomic mass is 9.94. The molecule has 4 nitrogen and oxygen atoms in total. The highest BCUT2D eigenvalue weighted by Gasteiger charge is 2.47. The highest BCUT2D eigenvalue weighted by atomic mass is 19.1. The Balaban J connectivity index is 1.30. The number of piperidine rings is 1. The summed E-state index contributed by atoms with van der Waals surface area (Å²) in [5, 5.41) is 0. The van der Waals surface area contributed by atoms with Crippen LogP contribution in [0.1, 0.15) is 51.0 Å². The standard InChI is InChI=1S/C23H33FN2O2/c1-23(10-11-23)22(27)26(17-20-6-4-14-28-20)15-18-8-12-25(13-9-18)16-19-5-2-3-7-21(19)24/h2-3,5,7,18,20H,4,6,8-17H2,1H3. The second kappa shape index (κ2) is 8.50. The van der Waals surface area contributed by atoms with E-state index in [0.29, 0.717) is 18.4 Å². The number of ether oxygens (including phenoxy) is 1. The second-order valence-corrected chi connectivity index (χ2v) is 9.22. The topological polar surface area (TPSA) is 32.8 Å². The lowest BCUT2D eigenvalue weighted by Crippen LogP contribution is -2.45. The van der Waals surface area contributed by atoms with E-state index in [2.05, 4.69) is 16.7 Å². The Labute approximate surface area is 168 Å². The van der Waals surface area contributed by atoms with Crippen LogP contribution in [0.25, 0.3) is 0 Å².